The van der Waals surface area contributed by atoms with Gasteiger partial charge in [0.2, 0.25) is 10.0 Å². The van der Waals surface area contributed by atoms with Gasteiger partial charge in [-0.3, -0.25) is 4.79 Å². The van der Waals surface area contributed by atoms with Crippen LogP contribution in [0, 0.1) is 11.8 Å². The molecule has 0 bridgehead atoms. The minimum absolute atomic E-state index is 0.0284. The maximum absolute atomic E-state index is 12.0. The largest absolute Gasteiger partial charge is 0.350 e. The number of amides is 1. The number of carbonyl (C=O) groups is 1. The summed E-state index contributed by atoms with van der Waals surface area (Å²) in [5.74, 6) is 0.959. The van der Waals surface area contributed by atoms with E-state index in [1.54, 1.807) is 4.57 Å². The van der Waals surface area contributed by atoms with Gasteiger partial charge >= 0.3 is 0 Å². The predicted octanol–water partition coefficient (Wildman–Crippen LogP) is 0.541. The second-order valence-corrected chi connectivity index (χ2v) is 6.64. The topological polar surface area (TPSA) is 94.2 Å². The molecule has 3 N–H and O–H groups in total. The van der Waals surface area contributed by atoms with Crippen molar-refractivity contribution in [2.75, 3.05) is 6.54 Å². The average molecular weight is 285 g/mol. The van der Waals surface area contributed by atoms with Gasteiger partial charge in [0.15, 0.2) is 0 Å². The summed E-state index contributed by atoms with van der Waals surface area (Å²) in [6.07, 6.45) is 2.53. The number of aromatic nitrogens is 1. The van der Waals surface area contributed by atoms with E-state index in [0.717, 1.165) is 6.42 Å². The second kappa shape index (κ2) is 4.97. The van der Waals surface area contributed by atoms with Gasteiger partial charge in [-0.25, -0.2) is 13.6 Å². The molecule has 6 nitrogen and oxygen atoms in total. The van der Waals surface area contributed by atoms with Crippen molar-refractivity contribution < 1.29 is 13.2 Å². The Morgan fingerprint density at radius 2 is 2.21 bits per heavy atom. The number of rotatable bonds is 5. The first kappa shape index (κ1) is 14.1. The maximum atomic E-state index is 12.0. The molecule has 1 fully saturated rings. The summed E-state index contributed by atoms with van der Waals surface area (Å²) < 4.78 is 24.2. The smallest absolute Gasteiger partial charge is 0.267 e. The number of hydrogen-bond donors (Lipinski definition) is 2. The number of primary sulfonamides is 1. The number of carbonyl (C=O) groups excluding carboxylic acids is 1. The Morgan fingerprint density at radius 3 is 2.68 bits per heavy atom. The fourth-order valence-electron chi connectivity index (χ4n) is 2.09. The van der Waals surface area contributed by atoms with Gasteiger partial charge < -0.3 is 9.88 Å². The van der Waals surface area contributed by atoms with Crippen LogP contribution in [0.15, 0.2) is 17.2 Å². The van der Waals surface area contributed by atoms with Crippen LogP contribution in [0.5, 0.6) is 0 Å². The van der Waals surface area contributed by atoms with E-state index in [1.165, 1.54) is 12.3 Å². The van der Waals surface area contributed by atoms with E-state index < -0.39 is 10.0 Å². The molecular formula is C12H19N3O3S. The van der Waals surface area contributed by atoms with E-state index in [1.807, 2.05) is 6.92 Å². The lowest BCUT2D eigenvalue weighted by atomic mass is 10.3. The summed E-state index contributed by atoms with van der Waals surface area (Å²) in [6.45, 7) is 5.13. The number of hydrogen-bond acceptors (Lipinski definition) is 3. The Kier molecular flexibility index (Phi) is 3.69. The number of nitrogens with two attached hydrogens (primary N) is 1. The highest BCUT2D eigenvalue weighted by Gasteiger charge is 2.32. The minimum atomic E-state index is -3.78. The third-order valence-electron chi connectivity index (χ3n) is 3.57. The third kappa shape index (κ3) is 3.16. The summed E-state index contributed by atoms with van der Waals surface area (Å²) in [7, 11) is -3.78. The van der Waals surface area contributed by atoms with Crippen molar-refractivity contribution in [2.45, 2.75) is 31.7 Å². The molecule has 1 aliphatic rings. The van der Waals surface area contributed by atoms with Crippen molar-refractivity contribution in [3.8, 4) is 0 Å². The SMILES string of the molecule is CCn1cc(S(N)(=O)=O)cc1C(=O)NCC1CC1C. The Labute approximate surface area is 113 Å². The van der Waals surface area contributed by atoms with Gasteiger partial charge in [0, 0.05) is 19.3 Å². The van der Waals surface area contributed by atoms with Crippen molar-refractivity contribution in [3.63, 3.8) is 0 Å². The zero-order valence-electron chi connectivity index (χ0n) is 11.1. The summed E-state index contributed by atoms with van der Waals surface area (Å²) in [5.41, 5.74) is 0.333. The molecule has 0 aromatic carbocycles. The van der Waals surface area contributed by atoms with Gasteiger partial charge in [0.1, 0.15) is 10.6 Å². The van der Waals surface area contributed by atoms with Gasteiger partial charge in [-0.15, -0.1) is 0 Å². The zero-order chi connectivity index (χ0) is 14.2. The molecule has 7 heteroatoms. The van der Waals surface area contributed by atoms with Crippen molar-refractivity contribution in [1.82, 2.24) is 9.88 Å². The highest BCUT2D eigenvalue weighted by Crippen LogP contribution is 2.36. The van der Waals surface area contributed by atoms with Crippen LogP contribution in [0.4, 0.5) is 0 Å². The maximum Gasteiger partial charge on any atom is 0.267 e. The highest BCUT2D eigenvalue weighted by atomic mass is 32.2. The van der Waals surface area contributed by atoms with E-state index in [2.05, 4.69) is 12.2 Å². The summed E-state index contributed by atoms with van der Waals surface area (Å²) in [4.78, 5) is 12.0. The standard InChI is InChI=1S/C12H19N3O3S/c1-3-15-7-10(19(13,17)18)5-11(15)12(16)14-6-9-4-8(9)2/h5,7-9H,3-4,6H2,1-2H3,(H,14,16)(H2,13,17,18). The lowest BCUT2D eigenvalue weighted by Gasteiger charge is -2.06. The lowest BCUT2D eigenvalue weighted by Crippen LogP contribution is -2.27. The minimum Gasteiger partial charge on any atom is -0.350 e. The van der Waals surface area contributed by atoms with Crippen LogP contribution in [0.25, 0.3) is 0 Å². The fraction of sp³-hybridized carbons (Fsp3) is 0.583. The van der Waals surface area contributed by atoms with Gasteiger partial charge in [-0.1, -0.05) is 6.92 Å². The molecule has 19 heavy (non-hydrogen) atoms. The van der Waals surface area contributed by atoms with E-state index in [-0.39, 0.29) is 10.8 Å². The molecule has 2 rings (SSSR count). The summed E-state index contributed by atoms with van der Waals surface area (Å²) >= 11 is 0. The van der Waals surface area contributed by atoms with Crippen LogP contribution in [0.1, 0.15) is 30.8 Å². The van der Waals surface area contributed by atoms with Crippen LogP contribution in [-0.2, 0) is 16.6 Å². The van der Waals surface area contributed by atoms with Gasteiger partial charge in [-0.2, -0.15) is 0 Å². The monoisotopic (exact) mass is 285 g/mol. The zero-order valence-corrected chi connectivity index (χ0v) is 11.9. The number of aryl methyl sites for hydroxylation is 1. The Bertz CT molecular complexity index is 591. The van der Waals surface area contributed by atoms with Crippen molar-refractivity contribution in [2.24, 2.45) is 17.0 Å². The molecule has 106 valence electrons. The molecule has 0 spiro atoms. The quantitative estimate of drug-likeness (QED) is 0.826. The van der Waals surface area contributed by atoms with Crippen LogP contribution in [0.2, 0.25) is 0 Å². The molecule has 1 aliphatic carbocycles. The van der Waals surface area contributed by atoms with Crippen molar-refractivity contribution in [3.05, 3.63) is 18.0 Å². The first-order valence-corrected chi connectivity index (χ1v) is 7.88. The van der Waals surface area contributed by atoms with Crippen molar-refractivity contribution >= 4 is 15.9 Å². The van der Waals surface area contributed by atoms with Gasteiger partial charge in [0.05, 0.1) is 0 Å². The van der Waals surface area contributed by atoms with Gasteiger partial charge in [-0.05, 0) is 31.2 Å². The summed E-state index contributed by atoms with van der Waals surface area (Å²) in [6, 6.07) is 1.32. The van der Waals surface area contributed by atoms with E-state index in [9.17, 15) is 13.2 Å². The van der Waals surface area contributed by atoms with Gasteiger partial charge in [0.25, 0.3) is 5.91 Å². The number of sulfonamides is 1. The first-order chi connectivity index (χ1) is 8.82. The Morgan fingerprint density at radius 1 is 1.58 bits per heavy atom. The molecule has 0 radical (unpaired) electrons. The number of nitrogens with zero attached hydrogens (tertiary/aromatic N) is 1. The molecule has 1 heterocycles. The van der Waals surface area contributed by atoms with E-state index in [4.69, 9.17) is 5.14 Å². The molecule has 1 aromatic rings. The average Bonchev–Trinajstić information content (AvgIpc) is 2.87. The molecule has 1 amide bonds. The molecule has 1 aromatic heterocycles. The van der Waals surface area contributed by atoms with Crippen LogP contribution < -0.4 is 10.5 Å². The highest BCUT2D eigenvalue weighted by molar-refractivity contribution is 7.89. The predicted molar refractivity (Wildman–Crippen MR) is 71.1 cm³/mol. The number of nitrogens with one attached hydrogen (secondary N) is 1. The second-order valence-electron chi connectivity index (χ2n) is 5.08. The normalized spacial score (nSPS) is 22.3. The fourth-order valence-corrected chi connectivity index (χ4v) is 2.64. The van der Waals surface area contributed by atoms with Crippen LogP contribution in [0.3, 0.4) is 0 Å². The Hall–Kier alpha value is -1.34. The first-order valence-electron chi connectivity index (χ1n) is 6.34. The molecule has 0 aliphatic heterocycles. The molecular weight excluding hydrogens is 266 g/mol. The lowest BCUT2D eigenvalue weighted by molar-refractivity contribution is 0.0942. The molecule has 2 atom stereocenters. The molecule has 1 saturated carbocycles. The van der Waals surface area contributed by atoms with Crippen LogP contribution >= 0.6 is 0 Å². The van der Waals surface area contributed by atoms with E-state index >= 15 is 0 Å². The molecule has 0 saturated heterocycles. The van der Waals surface area contributed by atoms with Crippen molar-refractivity contribution in [1.29, 1.82) is 0 Å². The summed E-state index contributed by atoms with van der Waals surface area (Å²) in [5, 5.41) is 7.91. The Balaban J connectivity index is 2.13. The van der Waals surface area contributed by atoms with Crippen LogP contribution in [-0.4, -0.2) is 25.4 Å². The molecule has 2 unspecified atom stereocenters. The third-order valence-corrected chi connectivity index (χ3v) is 4.45. The van der Waals surface area contributed by atoms with E-state index in [0.29, 0.717) is 30.6 Å².